The summed E-state index contributed by atoms with van der Waals surface area (Å²) >= 11 is 0. The molecule has 0 aliphatic rings. The fourth-order valence-electron chi connectivity index (χ4n) is 1.76. The smallest absolute Gasteiger partial charge is 0.260 e. The molecule has 0 bridgehead atoms. The molecule has 0 saturated carbocycles. The third kappa shape index (κ3) is 2.91. The fourth-order valence-corrected chi connectivity index (χ4v) is 1.76. The van der Waals surface area contributed by atoms with Gasteiger partial charge in [-0.3, -0.25) is 4.98 Å². The second-order valence-electron chi connectivity index (χ2n) is 3.92. The lowest BCUT2D eigenvalue weighted by Crippen LogP contribution is -2.09. The van der Waals surface area contributed by atoms with Crippen LogP contribution in [0.1, 0.15) is 11.3 Å². The third-order valence-corrected chi connectivity index (χ3v) is 2.61. The maximum Gasteiger partial charge on any atom is 0.418 e. The Morgan fingerprint density at radius 1 is 1.16 bits per heavy atom. The molecule has 1 aromatic heterocycles. The van der Waals surface area contributed by atoms with Crippen LogP contribution in [0, 0.1) is 11.3 Å². The van der Waals surface area contributed by atoms with Gasteiger partial charge in [-0.25, -0.2) is 0 Å². The molecule has 0 saturated heterocycles. The highest BCUT2D eigenvalue weighted by atomic mass is 19.4. The van der Waals surface area contributed by atoms with Gasteiger partial charge in [0.2, 0.25) is 0 Å². The van der Waals surface area contributed by atoms with Crippen LogP contribution in [0.3, 0.4) is 0 Å². The summed E-state index contributed by atoms with van der Waals surface area (Å²) < 4.78 is 38.8. The van der Waals surface area contributed by atoms with Crippen LogP contribution >= 0.6 is 0 Å². The lowest BCUT2D eigenvalue weighted by molar-refractivity contribution is -0.137. The first-order chi connectivity index (χ1) is 9.02. The van der Waals surface area contributed by atoms with Crippen LogP contribution in [0.4, 0.5) is 13.2 Å². The minimum Gasteiger partial charge on any atom is -0.260 e. The van der Waals surface area contributed by atoms with E-state index in [0.29, 0.717) is 11.3 Å². The zero-order valence-corrected chi connectivity index (χ0v) is 9.78. The molecule has 0 amide bonds. The summed E-state index contributed by atoms with van der Waals surface area (Å²) in [5, 5.41) is 8.60. The Bertz CT molecular complexity index is 613. The molecule has 1 heterocycles. The van der Waals surface area contributed by atoms with Crippen molar-refractivity contribution in [3.8, 4) is 17.2 Å². The summed E-state index contributed by atoms with van der Waals surface area (Å²) in [6, 6.07) is 11.5. The summed E-state index contributed by atoms with van der Waals surface area (Å²) in [5.41, 5.74) is 0.0412. The Morgan fingerprint density at radius 3 is 2.42 bits per heavy atom. The molecule has 19 heavy (non-hydrogen) atoms. The highest BCUT2D eigenvalue weighted by Gasteiger charge is 2.34. The van der Waals surface area contributed by atoms with E-state index in [1.54, 1.807) is 30.3 Å². The molecule has 2 aromatic rings. The van der Waals surface area contributed by atoms with Gasteiger partial charge >= 0.3 is 6.18 Å². The zero-order chi connectivity index (χ0) is 13.9. The standard InChI is InChI=1S/C14H9F3N2/c15-14(16,17)13-9-19-11(6-7-18)8-12(13)10-4-2-1-3-5-10/h1-5,8-9H,6H2. The lowest BCUT2D eigenvalue weighted by atomic mass is 10.00. The van der Waals surface area contributed by atoms with Crippen molar-refractivity contribution in [2.24, 2.45) is 0 Å². The number of alkyl halides is 3. The van der Waals surface area contributed by atoms with Crippen molar-refractivity contribution in [1.82, 2.24) is 4.98 Å². The van der Waals surface area contributed by atoms with Crippen molar-refractivity contribution < 1.29 is 13.2 Å². The van der Waals surface area contributed by atoms with Crippen LogP contribution in [0.5, 0.6) is 0 Å². The molecule has 0 spiro atoms. The van der Waals surface area contributed by atoms with E-state index >= 15 is 0 Å². The molecule has 0 N–H and O–H groups in total. The van der Waals surface area contributed by atoms with E-state index in [1.165, 1.54) is 6.07 Å². The fraction of sp³-hybridized carbons (Fsp3) is 0.143. The first kappa shape index (κ1) is 13.1. The van der Waals surface area contributed by atoms with Gasteiger partial charge in [-0.05, 0) is 17.2 Å². The summed E-state index contributed by atoms with van der Waals surface area (Å²) in [6.07, 6.45) is -3.70. The first-order valence-electron chi connectivity index (χ1n) is 5.51. The minimum atomic E-state index is -4.47. The quantitative estimate of drug-likeness (QED) is 0.824. The van der Waals surface area contributed by atoms with Gasteiger partial charge in [-0.1, -0.05) is 30.3 Å². The van der Waals surface area contributed by atoms with Crippen LogP contribution < -0.4 is 0 Å². The Morgan fingerprint density at radius 2 is 1.84 bits per heavy atom. The number of halogens is 3. The predicted octanol–water partition coefficient (Wildman–Crippen LogP) is 3.83. The van der Waals surface area contributed by atoms with Gasteiger partial charge in [-0.2, -0.15) is 18.4 Å². The van der Waals surface area contributed by atoms with E-state index in [9.17, 15) is 13.2 Å². The molecule has 0 fully saturated rings. The summed E-state index contributed by atoms with van der Waals surface area (Å²) in [5.74, 6) is 0. The number of nitriles is 1. The summed E-state index contributed by atoms with van der Waals surface area (Å²) in [6.45, 7) is 0. The number of pyridine rings is 1. The molecule has 0 aliphatic carbocycles. The van der Waals surface area contributed by atoms with E-state index in [4.69, 9.17) is 5.26 Å². The van der Waals surface area contributed by atoms with Crippen molar-refractivity contribution in [3.05, 3.63) is 53.9 Å². The van der Waals surface area contributed by atoms with Gasteiger partial charge in [0.15, 0.2) is 0 Å². The number of nitrogens with zero attached hydrogens (tertiary/aromatic N) is 2. The van der Waals surface area contributed by atoms with Crippen LogP contribution in [0.25, 0.3) is 11.1 Å². The normalized spacial score (nSPS) is 11.1. The Balaban J connectivity index is 2.61. The van der Waals surface area contributed by atoms with Gasteiger partial charge in [0.25, 0.3) is 0 Å². The highest BCUT2D eigenvalue weighted by molar-refractivity contribution is 5.68. The largest absolute Gasteiger partial charge is 0.418 e. The Kier molecular flexibility index (Phi) is 3.52. The van der Waals surface area contributed by atoms with Gasteiger partial charge in [0.05, 0.1) is 23.7 Å². The van der Waals surface area contributed by atoms with E-state index in [2.05, 4.69) is 4.98 Å². The van der Waals surface area contributed by atoms with E-state index in [-0.39, 0.29) is 12.0 Å². The molecule has 2 rings (SSSR count). The number of hydrogen-bond acceptors (Lipinski definition) is 2. The van der Waals surface area contributed by atoms with Crippen molar-refractivity contribution in [1.29, 1.82) is 5.26 Å². The van der Waals surface area contributed by atoms with Gasteiger partial charge in [0, 0.05) is 6.20 Å². The monoisotopic (exact) mass is 262 g/mol. The maximum atomic E-state index is 12.9. The average Bonchev–Trinajstić information content (AvgIpc) is 2.39. The molecule has 2 nitrogen and oxygen atoms in total. The molecule has 0 radical (unpaired) electrons. The van der Waals surface area contributed by atoms with Gasteiger partial charge in [-0.15, -0.1) is 0 Å². The summed E-state index contributed by atoms with van der Waals surface area (Å²) in [4.78, 5) is 3.68. The molecule has 0 aliphatic heterocycles. The van der Waals surface area contributed by atoms with Gasteiger partial charge < -0.3 is 0 Å². The Labute approximate surface area is 108 Å². The van der Waals surface area contributed by atoms with E-state index < -0.39 is 11.7 Å². The van der Waals surface area contributed by atoms with Crippen LogP contribution in [-0.2, 0) is 12.6 Å². The zero-order valence-electron chi connectivity index (χ0n) is 9.78. The second-order valence-corrected chi connectivity index (χ2v) is 3.92. The van der Waals surface area contributed by atoms with E-state index in [1.807, 2.05) is 6.07 Å². The van der Waals surface area contributed by atoms with Crippen molar-refractivity contribution in [3.63, 3.8) is 0 Å². The second kappa shape index (κ2) is 5.11. The highest BCUT2D eigenvalue weighted by Crippen LogP contribution is 2.36. The number of hydrogen-bond donors (Lipinski definition) is 0. The summed E-state index contributed by atoms with van der Waals surface area (Å²) in [7, 11) is 0. The van der Waals surface area contributed by atoms with Crippen LogP contribution in [-0.4, -0.2) is 4.98 Å². The molecule has 0 atom stereocenters. The minimum absolute atomic E-state index is 0.0159. The number of rotatable bonds is 2. The Hall–Kier alpha value is -2.35. The van der Waals surface area contributed by atoms with E-state index in [0.717, 1.165) is 6.20 Å². The number of aromatic nitrogens is 1. The molecule has 96 valence electrons. The molecule has 5 heteroatoms. The van der Waals surface area contributed by atoms with Gasteiger partial charge in [0.1, 0.15) is 0 Å². The molecular weight excluding hydrogens is 253 g/mol. The first-order valence-corrected chi connectivity index (χ1v) is 5.51. The molecular formula is C14H9F3N2. The van der Waals surface area contributed by atoms with Crippen molar-refractivity contribution in [2.75, 3.05) is 0 Å². The van der Waals surface area contributed by atoms with Crippen LogP contribution in [0.15, 0.2) is 42.6 Å². The number of benzene rings is 1. The molecule has 0 unspecified atom stereocenters. The van der Waals surface area contributed by atoms with Crippen molar-refractivity contribution in [2.45, 2.75) is 12.6 Å². The maximum absolute atomic E-state index is 12.9. The predicted molar refractivity (Wildman–Crippen MR) is 64.0 cm³/mol. The average molecular weight is 262 g/mol. The lowest BCUT2D eigenvalue weighted by Gasteiger charge is -2.13. The topological polar surface area (TPSA) is 36.7 Å². The molecule has 1 aromatic carbocycles. The van der Waals surface area contributed by atoms with Crippen molar-refractivity contribution >= 4 is 0 Å². The third-order valence-electron chi connectivity index (χ3n) is 2.61. The van der Waals surface area contributed by atoms with Crippen LogP contribution in [0.2, 0.25) is 0 Å². The SMILES string of the molecule is N#CCc1cc(-c2ccccc2)c(C(F)(F)F)cn1.